The van der Waals surface area contributed by atoms with Crippen LogP contribution in [0.15, 0.2) is 22.7 Å². The van der Waals surface area contributed by atoms with E-state index in [1.165, 1.54) is 0 Å². The van der Waals surface area contributed by atoms with Crippen LogP contribution in [-0.2, 0) is 0 Å². The molecule has 0 fully saturated rings. The number of nitrogens with two attached hydrogens (primary N) is 1. The zero-order valence-corrected chi connectivity index (χ0v) is 8.64. The van der Waals surface area contributed by atoms with Crippen LogP contribution in [0.5, 0.6) is 0 Å². The van der Waals surface area contributed by atoms with Gasteiger partial charge in [0.2, 0.25) is 11.8 Å². The normalized spacial score (nSPS) is 12.7. The van der Waals surface area contributed by atoms with Gasteiger partial charge in [0.25, 0.3) is 0 Å². The third-order valence-electron chi connectivity index (χ3n) is 2.07. The van der Waals surface area contributed by atoms with Crippen molar-refractivity contribution in [2.75, 3.05) is 0 Å². The van der Waals surface area contributed by atoms with E-state index in [0.29, 0.717) is 11.8 Å². The molecule has 5 heteroatoms. The summed E-state index contributed by atoms with van der Waals surface area (Å²) in [7, 11) is 0. The van der Waals surface area contributed by atoms with Crippen LogP contribution in [0, 0.1) is 6.92 Å². The molecule has 0 aliphatic heterocycles. The van der Waals surface area contributed by atoms with Gasteiger partial charge in [0, 0.05) is 11.9 Å². The van der Waals surface area contributed by atoms with E-state index in [0.717, 1.165) is 11.3 Å². The van der Waals surface area contributed by atoms with Gasteiger partial charge in [-0.05, 0) is 26.0 Å². The van der Waals surface area contributed by atoms with Crippen molar-refractivity contribution < 1.29 is 4.42 Å². The zero-order valence-electron chi connectivity index (χ0n) is 8.64. The Morgan fingerprint density at radius 2 is 2.20 bits per heavy atom. The molecule has 0 aliphatic rings. The minimum absolute atomic E-state index is 0.247. The fraction of sp³-hybridized carbons (Fsp3) is 0.300. The molecule has 0 aliphatic carbocycles. The summed E-state index contributed by atoms with van der Waals surface area (Å²) in [6.07, 6.45) is 1.72. The van der Waals surface area contributed by atoms with Gasteiger partial charge in [0.1, 0.15) is 0 Å². The average Bonchev–Trinajstić information content (AvgIpc) is 2.67. The van der Waals surface area contributed by atoms with Gasteiger partial charge < -0.3 is 10.2 Å². The van der Waals surface area contributed by atoms with Crippen molar-refractivity contribution in [2.24, 2.45) is 5.73 Å². The average molecular weight is 204 g/mol. The van der Waals surface area contributed by atoms with Crippen molar-refractivity contribution in [3.63, 3.8) is 0 Å². The fourth-order valence-corrected chi connectivity index (χ4v) is 1.24. The smallest absolute Gasteiger partial charge is 0.249 e. The minimum atomic E-state index is -0.247. The Morgan fingerprint density at radius 1 is 1.40 bits per heavy atom. The Hall–Kier alpha value is -1.75. The molecule has 0 radical (unpaired) electrons. The Bertz CT molecular complexity index is 464. The Labute approximate surface area is 87.3 Å². The third kappa shape index (κ3) is 1.87. The standard InChI is InChI=1S/C10H12N4O/c1-6(11)9-13-14-10(15-9)8-4-3-5-12-7(8)2/h3-6H,11H2,1-2H3. The van der Waals surface area contributed by atoms with Gasteiger partial charge in [-0.1, -0.05) is 0 Å². The molecule has 0 amide bonds. The van der Waals surface area contributed by atoms with Crippen LogP contribution in [0.25, 0.3) is 11.5 Å². The summed E-state index contributed by atoms with van der Waals surface area (Å²) in [5, 5.41) is 7.80. The Morgan fingerprint density at radius 3 is 2.80 bits per heavy atom. The summed E-state index contributed by atoms with van der Waals surface area (Å²) in [6, 6.07) is 3.47. The summed E-state index contributed by atoms with van der Waals surface area (Å²) in [4.78, 5) is 4.15. The molecule has 2 N–H and O–H groups in total. The molecule has 0 bridgehead atoms. The molecule has 2 aromatic rings. The third-order valence-corrected chi connectivity index (χ3v) is 2.07. The molecule has 0 saturated heterocycles. The number of hydrogen-bond donors (Lipinski definition) is 1. The van der Waals surface area contributed by atoms with Crippen LogP contribution >= 0.6 is 0 Å². The lowest BCUT2D eigenvalue weighted by molar-refractivity contribution is 0.473. The van der Waals surface area contributed by atoms with Gasteiger partial charge in [-0.15, -0.1) is 10.2 Å². The molecule has 15 heavy (non-hydrogen) atoms. The van der Waals surface area contributed by atoms with Crippen molar-refractivity contribution in [1.82, 2.24) is 15.2 Å². The summed E-state index contributed by atoms with van der Waals surface area (Å²) >= 11 is 0. The fourth-order valence-electron chi connectivity index (χ4n) is 1.24. The second-order valence-corrected chi connectivity index (χ2v) is 3.37. The lowest BCUT2D eigenvalue weighted by atomic mass is 10.2. The summed E-state index contributed by atoms with van der Waals surface area (Å²) < 4.78 is 5.42. The molecular weight excluding hydrogens is 192 g/mol. The van der Waals surface area contributed by atoms with E-state index in [1.807, 2.05) is 19.1 Å². The molecule has 1 unspecified atom stereocenters. The summed E-state index contributed by atoms with van der Waals surface area (Å²) in [5.74, 6) is 0.904. The van der Waals surface area contributed by atoms with E-state index in [4.69, 9.17) is 10.2 Å². The van der Waals surface area contributed by atoms with Crippen molar-refractivity contribution in [1.29, 1.82) is 0 Å². The number of aryl methyl sites for hydroxylation is 1. The van der Waals surface area contributed by atoms with E-state index in [-0.39, 0.29) is 6.04 Å². The first-order valence-corrected chi connectivity index (χ1v) is 4.69. The Balaban J connectivity index is 2.42. The molecule has 78 valence electrons. The highest BCUT2D eigenvalue weighted by Gasteiger charge is 2.13. The maximum Gasteiger partial charge on any atom is 0.249 e. The second kappa shape index (κ2) is 3.78. The van der Waals surface area contributed by atoms with E-state index < -0.39 is 0 Å². The topological polar surface area (TPSA) is 77.8 Å². The van der Waals surface area contributed by atoms with Crippen molar-refractivity contribution in [3.8, 4) is 11.5 Å². The number of nitrogens with zero attached hydrogens (tertiary/aromatic N) is 3. The zero-order chi connectivity index (χ0) is 10.8. The molecule has 2 rings (SSSR count). The Kier molecular flexibility index (Phi) is 2.47. The molecule has 0 saturated carbocycles. The second-order valence-electron chi connectivity index (χ2n) is 3.37. The highest BCUT2D eigenvalue weighted by molar-refractivity contribution is 5.55. The minimum Gasteiger partial charge on any atom is -0.419 e. The van der Waals surface area contributed by atoms with E-state index in [9.17, 15) is 0 Å². The van der Waals surface area contributed by atoms with Gasteiger partial charge in [-0.3, -0.25) is 4.98 Å². The van der Waals surface area contributed by atoms with Crippen LogP contribution < -0.4 is 5.73 Å². The first-order chi connectivity index (χ1) is 7.18. The first-order valence-electron chi connectivity index (χ1n) is 4.69. The summed E-state index contributed by atoms with van der Waals surface area (Å²) in [6.45, 7) is 3.69. The highest BCUT2D eigenvalue weighted by Crippen LogP contribution is 2.21. The predicted octanol–water partition coefficient (Wildman–Crippen LogP) is 1.46. The number of rotatable bonds is 2. The largest absolute Gasteiger partial charge is 0.419 e. The van der Waals surface area contributed by atoms with Crippen molar-refractivity contribution in [2.45, 2.75) is 19.9 Å². The number of hydrogen-bond acceptors (Lipinski definition) is 5. The maximum absolute atomic E-state index is 5.63. The first kappa shape index (κ1) is 9.79. The van der Waals surface area contributed by atoms with Gasteiger partial charge in [0.05, 0.1) is 11.6 Å². The molecule has 0 spiro atoms. The van der Waals surface area contributed by atoms with Gasteiger partial charge in [0.15, 0.2) is 0 Å². The molecule has 2 aromatic heterocycles. The monoisotopic (exact) mass is 204 g/mol. The van der Waals surface area contributed by atoms with Crippen molar-refractivity contribution >= 4 is 0 Å². The summed E-state index contributed by atoms with van der Waals surface area (Å²) in [5.41, 5.74) is 7.33. The highest BCUT2D eigenvalue weighted by atomic mass is 16.4. The lowest BCUT2D eigenvalue weighted by Crippen LogP contribution is -2.04. The molecule has 1 atom stereocenters. The number of pyridine rings is 1. The van der Waals surface area contributed by atoms with Gasteiger partial charge in [-0.25, -0.2) is 0 Å². The predicted molar refractivity (Wildman–Crippen MR) is 54.9 cm³/mol. The maximum atomic E-state index is 5.63. The van der Waals surface area contributed by atoms with Gasteiger partial charge >= 0.3 is 0 Å². The van der Waals surface area contributed by atoms with Crippen LogP contribution in [0.2, 0.25) is 0 Å². The molecular formula is C10H12N4O. The molecule has 5 nitrogen and oxygen atoms in total. The van der Waals surface area contributed by atoms with E-state index in [1.54, 1.807) is 13.1 Å². The van der Waals surface area contributed by atoms with Crippen molar-refractivity contribution in [3.05, 3.63) is 29.9 Å². The van der Waals surface area contributed by atoms with Crippen LogP contribution in [-0.4, -0.2) is 15.2 Å². The molecule has 0 aromatic carbocycles. The molecule has 2 heterocycles. The quantitative estimate of drug-likeness (QED) is 0.801. The van der Waals surface area contributed by atoms with Crippen LogP contribution in [0.1, 0.15) is 24.6 Å². The number of aromatic nitrogens is 3. The van der Waals surface area contributed by atoms with Gasteiger partial charge in [-0.2, -0.15) is 0 Å². The van der Waals surface area contributed by atoms with Crippen LogP contribution in [0.3, 0.4) is 0 Å². The van der Waals surface area contributed by atoms with E-state index in [2.05, 4.69) is 15.2 Å². The van der Waals surface area contributed by atoms with Crippen LogP contribution in [0.4, 0.5) is 0 Å². The lowest BCUT2D eigenvalue weighted by Gasteiger charge is -1.98. The SMILES string of the molecule is Cc1ncccc1-c1nnc(C(C)N)o1. The van der Waals surface area contributed by atoms with E-state index >= 15 is 0 Å².